The summed E-state index contributed by atoms with van der Waals surface area (Å²) in [6.45, 7) is 5.08. The van der Waals surface area contributed by atoms with E-state index in [4.69, 9.17) is 4.74 Å². The van der Waals surface area contributed by atoms with Gasteiger partial charge in [-0.1, -0.05) is 25.1 Å². The van der Waals surface area contributed by atoms with E-state index in [1.807, 2.05) is 51.4 Å². The number of aryl methyl sites for hydroxylation is 1. The zero-order valence-corrected chi connectivity index (χ0v) is 17.8. The first kappa shape index (κ1) is 20.6. The fourth-order valence-corrected chi connectivity index (χ4v) is 3.30. The monoisotopic (exact) mass is 416 g/mol. The van der Waals surface area contributed by atoms with Crippen LogP contribution in [0.15, 0.2) is 66.1 Å². The minimum Gasteiger partial charge on any atom is -0.377 e. The van der Waals surface area contributed by atoms with Crippen LogP contribution in [-0.2, 0) is 18.4 Å². The van der Waals surface area contributed by atoms with Crippen molar-refractivity contribution in [3.63, 3.8) is 0 Å². The molecule has 4 rings (SSSR count). The fraction of sp³-hybridized carbons (Fsp3) is 0.261. The van der Waals surface area contributed by atoms with Crippen molar-refractivity contribution in [3.05, 3.63) is 88.4 Å². The van der Waals surface area contributed by atoms with Gasteiger partial charge in [-0.25, -0.2) is 14.6 Å². The molecule has 0 radical (unpaired) electrons. The van der Waals surface area contributed by atoms with Crippen LogP contribution >= 0.6 is 0 Å². The molecule has 8 heteroatoms. The van der Waals surface area contributed by atoms with Gasteiger partial charge in [0.15, 0.2) is 5.82 Å². The van der Waals surface area contributed by atoms with Gasteiger partial charge in [0.1, 0.15) is 11.4 Å². The molecule has 3 aromatic heterocycles. The molecule has 31 heavy (non-hydrogen) atoms. The van der Waals surface area contributed by atoms with E-state index in [9.17, 15) is 4.79 Å². The quantitative estimate of drug-likeness (QED) is 0.460. The van der Waals surface area contributed by atoms with Crippen LogP contribution in [0.25, 0.3) is 17.1 Å². The molecule has 0 saturated heterocycles. The van der Waals surface area contributed by atoms with Crippen LogP contribution in [0.1, 0.15) is 36.6 Å². The minimum atomic E-state index is -0.200. The van der Waals surface area contributed by atoms with Gasteiger partial charge in [0, 0.05) is 55.4 Å². The Bertz CT molecular complexity index is 1230. The maximum absolute atomic E-state index is 12.6. The highest BCUT2D eigenvalue weighted by Gasteiger charge is 2.16. The number of hydrogen-bond acceptors (Lipinski definition) is 6. The predicted octanol–water partition coefficient (Wildman–Crippen LogP) is 3.11. The van der Waals surface area contributed by atoms with Crippen LogP contribution < -0.4 is 5.43 Å². The van der Waals surface area contributed by atoms with Crippen LogP contribution in [0, 0.1) is 0 Å². The lowest BCUT2D eigenvalue weighted by Gasteiger charge is -2.13. The van der Waals surface area contributed by atoms with E-state index in [0.717, 1.165) is 22.4 Å². The second kappa shape index (κ2) is 9.01. The summed E-state index contributed by atoms with van der Waals surface area (Å²) in [7, 11) is 1.84. The molecular formula is C23H24N6O2. The third-order valence-corrected chi connectivity index (χ3v) is 5.02. The molecule has 0 amide bonds. The first-order valence-electron chi connectivity index (χ1n) is 10.1. The maximum atomic E-state index is 12.6. The summed E-state index contributed by atoms with van der Waals surface area (Å²) < 4.78 is 8.76. The van der Waals surface area contributed by atoms with Crippen LogP contribution in [-0.4, -0.2) is 36.1 Å². The van der Waals surface area contributed by atoms with E-state index >= 15 is 0 Å². The summed E-state index contributed by atoms with van der Waals surface area (Å²) in [5.41, 5.74) is 3.94. The van der Waals surface area contributed by atoms with Crippen molar-refractivity contribution in [1.29, 1.82) is 0 Å². The second-order valence-electron chi connectivity index (χ2n) is 7.28. The summed E-state index contributed by atoms with van der Waals surface area (Å²) in [6, 6.07) is 9.43. The van der Waals surface area contributed by atoms with Crippen molar-refractivity contribution in [3.8, 4) is 17.1 Å². The Morgan fingerprint density at radius 1 is 1.13 bits per heavy atom. The van der Waals surface area contributed by atoms with Crippen LogP contribution in [0.5, 0.6) is 0 Å². The molecule has 0 N–H and O–H groups in total. The van der Waals surface area contributed by atoms with Crippen molar-refractivity contribution in [2.45, 2.75) is 26.4 Å². The summed E-state index contributed by atoms with van der Waals surface area (Å²) in [6.07, 6.45) is 8.76. The van der Waals surface area contributed by atoms with Crippen molar-refractivity contribution < 1.29 is 4.74 Å². The van der Waals surface area contributed by atoms with E-state index in [2.05, 4.69) is 20.2 Å². The molecule has 4 aromatic rings. The molecule has 1 aromatic carbocycles. The van der Waals surface area contributed by atoms with Crippen LogP contribution in [0.2, 0.25) is 0 Å². The van der Waals surface area contributed by atoms with Crippen molar-refractivity contribution in [2.24, 2.45) is 7.05 Å². The van der Waals surface area contributed by atoms with Gasteiger partial charge in [0.05, 0.1) is 19.0 Å². The molecule has 0 aliphatic carbocycles. The van der Waals surface area contributed by atoms with Crippen LogP contribution in [0.4, 0.5) is 0 Å². The Hall–Kier alpha value is -3.65. The first-order valence-corrected chi connectivity index (χ1v) is 10.1. The lowest BCUT2D eigenvalue weighted by molar-refractivity contribution is 0.133. The average molecular weight is 416 g/mol. The number of ether oxygens (including phenoxy) is 1. The van der Waals surface area contributed by atoms with Crippen molar-refractivity contribution in [1.82, 2.24) is 29.5 Å². The Morgan fingerprint density at radius 3 is 2.65 bits per heavy atom. The lowest BCUT2D eigenvalue weighted by Crippen LogP contribution is -2.18. The SMILES string of the molecule is CCOCc1cnc(-c2cccc(C(C)c3nn(-c4cnn(C)c4)ccc3=O)c2)nc1. The maximum Gasteiger partial charge on any atom is 0.203 e. The van der Waals surface area contributed by atoms with Gasteiger partial charge in [-0.15, -0.1) is 0 Å². The van der Waals surface area contributed by atoms with Gasteiger partial charge in [-0.05, 0) is 18.6 Å². The van der Waals surface area contributed by atoms with E-state index in [-0.39, 0.29) is 11.3 Å². The zero-order valence-electron chi connectivity index (χ0n) is 17.8. The summed E-state index contributed by atoms with van der Waals surface area (Å²) in [4.78, 5) is 21.5. The van der Waals surface area contributed by atoms with Gasteiger partial charge >= 0.3 is 0 Å². The topological polar surface area (TPSA) is 87.7 Å². The van der Waals surface area contributed by atoms with Gasteiger partial charge in [0.25, 0.3) is 0 Å². The Kier molecular flexibility index (Phi) is 5.99. The zero-order chi connectivity index (χ0) is 21.8. The molecule has 0 aliphatic heterocycles. The number of rotatable bonds is 7. The first-order chi connectivity index (χ1) is 15.0. The lowest BCUT2D eigenvalue weighted by atomic mass is 9.95. The third-order valence-electron chi connectivity index (χ3n) is 5.02. The number of hydrogen-bond donors (Lipinski definition) is 0. The van der Waals surface area contributed by atoms with E-state index in [1.165, 1.54) is 6.07 Å². The van der Waals surface area contributed by atoms with E-state index in [0.29, 0.717) is 24.7 Å². The number of nitrogens with zero attached hydrogens (tertiary/aromatic N) is 6. The van der Waals surface area contributed by atoms with Crippen molar-refractivity contribution in [2.75, 3.05) is 6.61 Å². The molecule has 0 aliphatic rings. The van der Waals surface area contributed by atoms with Crippen LogP contribution in [0.3, 0.4) is 0 Å². The molecule has 0 bridgehead atoms. The van der Waals surface area contributed by atoms with E-state index < -0.39 is 0 Å². The molecule has 0 spiro atoms. The Balaban J connectivity index is 1.63. The average Bonchev–Trinajstić information content (AvgIpc) is 3.24. The highest BCUT2D eigenvalue weighted by molar-refractivity contribution is 5.56. The Labute approximate surface area is 180 Å². The molecule has 0 saturated carbocycles. The number of aromatic nitrogens is 6. The van der Waals surface area contributed by atoms with Gasteiger partial charge < -0.3 is 4.74 Å². The smallest absolute Gasteiger partial charge is 0.203 e. The van der Waals surface area contributed by atoms with Gasteiger partial charge in [-0.2, -0.15) is 10.2 Å². The molecule has 158 valence electrons. The standard InChI is InChI=1S/C23H24N6O2/c1-4-31-15-17-11-24-23(25-12-17)19-7-5-6-18(10-19)16(2)22-21(30)8-9-29(27-22)20-13-26-28(3)14-20/h5-14,16H,4,15H2,1-3H3. The largest absolute Gasteiger partial charge is 0.377 e. The van der Waals surface area contributed by atoms with Gasteiger partial charge in [-0.3, -0.25) is 9.48 Å². The van der Waals surface area contributed by atoms with Gasteiger partial charge in [0.2, 0.25) is 5.43 Å². The van der Waals surface area contributed by atoms with Crippen molar-refractivity contribution >= 4 is 0 Å². The number of benzene rings is 1. The summed E-state index contributed by atoms with van der Waals surface area (Å²) >= 11 is 0. The highest BCUT2D eigenvalue weighted by Crippen LogP contribution is 2.25. The predicted molar refractivity (Wildman–Crippen MR) is 117 cm³/mol. The third kappa shape index (κ3) is 4.59. The molecule has 0 fully saturated rings. The molecular weight excluding hydrogens is 392 g/mol. The summed E-state index contributed by atoms with van der Waals surface area (Å²) in [5, 5.41) is 8.75. The normalized spacial score (nSPS) is 12.1. The second-order valence-corrected chi connectivity index (χ2v) is 7.28. The fourth-order valence-electron chi connectivity index (χ4n) is 3.30. The highest BCUT2D eigenvalue weighted by atomic mass is 16.5. The Morgan fingerprint density at radius 2 is 1.94 bits per heavy atom. The molecule has 1 atom stereocenters. The molecule has 8 nitrogen and oxygen atoms in total. The molecule has 1 unspecified atom stereocenters. The van der Waals surface area contributed by atoms with E-state index in [1.54, 1.807) is 34.2 Å². The summed E-state index contributed by atoms with van der Waals surface area (Å²) in [5.74, 6) is 0.428. The molecule has 3 heterocycles. The minimum absolute atomic E-state index is 0.102.